The molecule has 0 atom stereocenters. The molecule has 2 aliphatic heterocycles. The molecule has 8 heteroatoms. The Morgan fingerprint density at radius 1 is 1.30 bits per heavy atom. The number of carbonyl (C=O) groups is 3. The Labute approximate surface area is 157 Å². The molecule has 1 aromatic rings. The van der Waals surface area contributed by atoms with E-state index in [9.17, 15) is 14.4 Å². The number of aliphatic carboxylic acids is 1. The maximum Gasteiger partial charge on any atom is 0.305 e. The summed E-state index contributed by atoms with van der Waals surface area (Å²) in [7, 11) is 0. The van der Waals surface area contributed by atoms with E-state index in [1.807, 2.05) is 6.07 Å². The SMILES string of the molecule is O=C(O)CC1(NC(=O)COc2cccc(N3CCCC3=O)c2)CCOCC1. The largest absolute Gasteiger partial charge is 0.484 e. The topological polar surface area (TPSA) is 105 Å². The summed E-state index contributed by atoms with van der Waals surface area (Å²) in [5.74, 6) is -0.761. The van der Waals surface area contributed by atoms with Gasteiger partial charge >= 0.3 is 5.97 Å². The van der Waals surface area contributed by atoms with Crippen LogP contribution in [0.2, 0.25) is 0 Å². The highest BCUT2D eigenvalue weighted by atomic mass is 16.5. The van der Waals surface area contributed by atoms with Crippen LogP contribution in [-0.4, -0.2) is 54.8 Å². The molecular weight excluding hydrogens is 352 g/mol. The van der Waals surface area contributed by atoms with Crippen molar-refractivity contribution in [3.8, 4) is 5.75 Å². The second-order valence-electron chi connectivity index (χ2n) is 6.95. The fourth-order valence-corrected chi connectivity index (χ4v) is 3.54. The summed E-state index contributed by atoms with van der Waals surface area (Å²) in [4.78, 5) is 37.1. The minimum Gasteiger partial charge on any atom is -0.484 e. The average Bonchev–Trinajstić information content (AvgIpc) is 3.06. The third-order valence-corrected chi connectivity index (χ3v) is 4.92. The zero-order chi connectivity index (χ0) is 19.3. The van der Waals surface area contributed by atoms with E-state index in [4.69, 9.17) is 14.6 Å². The van der Waals surface area contributed by atoms with E-state index in [1.165, 1.54) is 0 Å². The van der Waals surface area contributed by atoms with Crippen molar-refractivity contribution in [3.05, 3.63) is 24.3 Å². The van der Waals surface area contributed by atoms with E-state index in [0.29, 0.717) is 44.8 Å². The van der Waals surface area contributed by atoms with Crippen LogP contribution >= 0.6 is 0 Å². The number of anilines is 1. The fraction of sp³-hybridized carbons (Fsp3) is 0.526. The number of ether oxygens (including phenoxy) is 2. The van der Waals surface area contributed by atoms with Crippen LogP contribution in [0.5, 0.6) is 5.75 Å². The van der Waals surface area contributed by atoms with Crippen LogP contribution in [0.1, 0.15) is 32.1 Å². The van der Waals surface area contributed by atoms with E-state index in [1.54, 1.807) is 23.1 Å². The Bertz CT molecular complexity index is 714. The first kappa shape index (κ1) is 19.2. The highest BCUT2D eigenvalue weighted by Gasteiger charge is 2.36. The maximum absolute atomic E-state index is 12.3. The Hall–Kier alpha value is -2.61. The Morgan fingerprint density at radius 3 is 2.74 bits per heavy atom. The molecule has 8 nitrogen and oxygen atoms in total. The first-order chi connectivity index (χ1) is 13.0. The lowest BCUT2D eigenvalue weighted by Gasteiger charge is -2.36. The third-order valence-electron chi connectivity index (χ3n) is 4.92. The standard InChI is InChI=1S/C19H24N2O6/c22-16(20-19(12-18(24)25)6-9-26-10-7-19)13-27-15-4-1-3-14(11-15)21-8-2-5-17(21)23/h1,3-4,11H,2,5-10,12-13H2,(H,20,22)(H,24,25). The van der Waals surface area contributed by atoms with Gasteiger partial charge in [-0.1, -0.05) is 6.07 Å². The summed E-state index contributed by atoms with van der Waals surface area (Å²) in [6, 6.07) is 7.06. The number of hydrogen-bond donors (Lipinski definition) is 2. The van der Waals surface area contributed by atoms with Crippen molar-refractivity contribution in [2.45, 2.75) is 37.6 Å². The third kappa shape index (κ3) is 4.97. The molecular formula is C19H24N2O6. The van der Waals surface area contributed by atoms with Crippen molar-refractivity contribution in [2.75, 3.05) is 31.3 Å². The first-order valence-electron chi connectivity index (χ1n) is 9.11. The molecule has 0 aromatic heterocycles. The van der Waals surface area contributed by atoms with Gasteiger partial charge in [0.2, 0.25) is 5.91 Å². The summed E-state index contributed by atoms with van der Waals surface area (Å²) < 4.78 is 10.8. The summed E-state index contributed by atoms with van der Waals surface area (Å²) in [5, 5.41) is 12.0. The summed E-state index contributed by atoms with van der Waals surface area (Å²) in [6.45, 7) is 1.29. The number of amides is 2. The van der Waals surface area contributed by atoms with Crippen LogP contribution in [0.3, 0.4) is 0 Å². The normalized spacial score (nSPS) is 19.0. The van der Waals surface area contributed by atoms with Crippen LogP contribution < -0.4 is 15.0 Å². The molecule has 0 bridgehead atoms. The molecule has 3 rings (SSSR count). The quantitative estimate of drug-likeness (QED) is 0.744. The number of rotatable bonds is 7. The minimum absolute atomic E-state index is 0.0834. The molecule has 0 spiro atoms. The van der Waals surface area contributed by atoms with Gasteiger partial charge in [-0.05, 0) is 31.4 Å². The van der Waals surface area contributed by atoms with Gasteiger partial charge in [0.25, 0.3) is 5.91 Å². The highest BCUT2D eigenvalue weighted by Crippen LogP contribution is 2.26. The zero-order valence-electron chi connectivity index (χ0n) is 15.1. The molecule has 2 heterocycles. The smallest absolute Gasteiger partial charge is 0.305 e. The van der Waals surface area contributed by atoms with Gasteiger partial charge in [-0.25, -0.2) is 0 Å². The zero-order valence-corrected chi connectivity index (χ0v) is 15.1. The molecule has 0 saturated carbocycles. The molecule has 27 heavy (non-hydrogen) atoms. The lowest BCUT2D eigenvalue weighted by atomic mass is 9.86. The first-order valence-corrected chi connectivity index (χ1v) is 9.11. The molecule has 1 aromatic carbocycles. The van der Waals surface area contributed by atoms with Crippen molar-refractivity contribution in [2.24, 2.45) is 0 Å². The van der Waals surface area contributed by atoms with E-state index in [2.05, 4.69) is 5.32 Å². The molecule has 2 N–H and O–H groups in total. The molecule has 0 aliphatic carbocycles. The molecule has 0 unspecified atom stereocenters. The molecule has 2 saturated heterocycles. The van der Waals surface area contributed by atoms with E-state index < -0.39 is 11.5 Å². The van der Waals surface area contributed by atoms with Crippen molar-refractivity contribution in [1.29, 1.82) is 0 Å². The van der Waals surface area contributed by atoms with Gasteiger partial charge in [0.15, 0.2) is 6.61 Å². The number of hydrogen-bond acceptors (Lipinski definition) is 5. The number of nitrogens with zero attached hydrogens (tertiary/aromatic N) is 1. The summed E-state index contributed by atoms with van der Waals surface area (Å²) in [5.41, 5.74) is -0.0453. The number of carbonyl (C=O) groups excluding carboxylic acids is 2. The highest BCUT2D eigenvalue weighted by molar-refractivity contribution is 5.95. The second kappa shape index (κ2) is 8.39. The van der Waals surface area contributed by atoms with Crippen molar-refractivity contribution in [3.63, 3.8) is 0 Å². The predicted octanol–water partition coefficient (Wildman–Crippen LogP) is 1.33. The van der Waals surface area contributed by atoms with E-state index in [0.717, 1.165) is 12.1 Å². The second-order valence-corrected chi connectivity index (χ2v) is 6.95. The van der Waals surface area contributed by atoms with Crippen LogP contribution in [0.4, 0.5) is 5.69 Å². The van der Waals surface area contributed by atoms with Crippen LogP contribution in [-0.2, 0) is 19.1 Å². The van der Waals surface area contributed by atoms with Gasteiger partial charge in [0, 0.05) is 37.9 Å². The monoisotopic (exact) mass is 376 g/mol. The van der Waals surface area contributed by atoms with Crippen molar-refractivity contribution in [1.82, 2.24) is 5.32 Å². The van der Waals surface area contributed by atoms with Gasteiger partial charge in [0.1, 0.15) is 5.75 Å². The Morgan fingerprint density at radius 2 is 2.07 bits per heavy atom. The fourth-order valence-electron chi connectivity index (χ4n) is 3.54. The Balaban J connectivity index is 1.58. The number of carboxylic acid groups (broad SMARTS) is 1. The molecule has 2 fully saturated rings. The van der Waals surface area contributed by atoms with E-state index in [-0.39, 0.29) is 24.8 Å². The van der Waals surface area contributed by atoms with Crippen molar-refractivity contribution < 1.29 is 29.0 Å². The lowest BCUT2D eigenvalue weighted by Crippen LogP contribution is -2.54. The Kier molecular flexibility index (Phi) is 5.95. The van der Waals surface area contributed by atoms with Gasteiger partial charge in [-0.15, -0.1) is 0 Å². The number of carboxylic acids is 1. The van der Waals surface area contributed by atoms with Crippen LogP contribution in [0.25, 0.3) is 0 Å². The number of benzene rings is 1. The van der Waals surface area contributed by atoms with Crippen LogP contribution in [0, 0.1) is 0 Å². The molecule has 2 aliphatic rings. The minimum atomic E-state index is -0.957. The summed E-state index contributed by atoms with van der Waals surface area (Å²) in [6.07, 6.45) is 2.15. The van der Waals surface area contributed by atoms with Gasteiger partial charge in [-0.2, -0.15) is 0 Å². The molecule has 2 amide bonds. The number of nitrogens with one attached hydrogen (secondary N) is 1. The lowest BCUT2D eigenvalue weighted by molar-refractivity contribution is -0.140. The van der Waals surface area contributed by atoms with Gasteiger partial charge < -0.3 is 24.8 Å². The van der Waals surface area contributed by atoms with Crippen molar-refractivity contribution >= 4 is 23.5 Å². The molecule has 146 valence electrons. The average molecular weight is 376 g/mol. The van der Waals surface area contributed by atoms with Gasteiger partial charge in [-0.3, -0.25) is 14.4 Å². The predicted molar refractivity (Wildman–Crippen MR) is 96.7 cm³/mol. The maximum atomic E-state index is 12.3. The molecule has 0 radical (unpaired) electrons. The van der Waals surface area contributed by atoms with Crippen LogP contribution in [0.15, 0.2) is 24.3 Å². The van der Waals surface area contributed by atoms with E-state index >= 15 is 0 Å². The van der Waals surface area contributed by atoms with Gasteiger partial charge in [0.05, 0.1) is 12.0 Å². The summed E-state index contributed by atoms with van der Waals surface area (Å²) >= 11 is 0.